The van der Waals surface area contributed by atoms with Crippen LogP contribution in [0, 0.1) is 0 Å². The van der Waals surface area contributed by atoms with E-state index in [1.165, 1.54) is 24.1 Å². The van der Waals surface area contributed by atoms with Crippen molar-refractivity contribution in [2.45, 2.75) is 11.4 Å². The normalized spacial score (nSPS) is 11.4. The second-order valence-corrected chi connectivity index (χ2v) is 6.74. The maximum absolute atomic E-state index is 12.5. The van der Waals surface area contributed by atoms with E-state index in [1.807, 2.05) is 24.3 Å². The van der Waals surface area contributed by atoms with Gasteiger partial charge in [-0.2, -0.15) is 4.98 Å². The van der Waals surface area contributed by atoms with Gasteiger partial charge in [0.1, 0.15) is 12.9 Å². The zero-order chi connectivity index (χ0) is 17.2. The number of nitrogens with zero attached hydrogens (tertiary/aromatic N) is 3. The lowest BCUT2D eigenvalue weighted by Crippen LogP contribution is -2.23. The minimum atomic E-state index is -3.81. The molecule has 0 unspecified atom stereocenters. The topological polar surface area (TPSA) is 106 Å². The Morgan fingerprint density at radius 2 is 1.92 bits per heavy atom. The molecule has 0 atom stereocenters. The quantitative estimate of drug-likeness (QED) is 0.717. The van der Waals surface area contributed by atoms with Crippen molar-refractivity contribution in [2.75, 3.05) is 11.8 Å². The van der Waals surface area contributed by atoms with Crippen LogP contribution in [0.5, 0.6) is 0 Å². The third-order valence-corrected chi connectivity index (χ3v) is 4.70. The molecule has 1 aromatic heterocycles. The van der Waals surface area contributed by atoms with Crippen LogP contribution in [0.15, 0.2) is 53.7 Å². The zero-order valence-corrected chi connectivity index (χ0v) is 13.6. The predicted octanol–water partition coefficient (Wildman–Crippen LogP) is 0.978. The zero-order valence-electron chi connectivity index (χ0n) is 12.8. The minimum Gasteiger partial charge on any atom is -0.358 e. The summed E-state index contributed by atoms with van der Waals surface area (Å²) in [6.45, 7) is -0.0405. The first-order chi connectivity index (χ1) is 11.5. The van der Waals surface area contributed by atoms with Gasteiger partial charge in [0, 0.05) is 7.05 Å². The third kappa shape index (κ3) is 3.35. The SMILES string of the molecule is CNC(=O)Cn1cnc(NS(=O)(=O)c2ccc3ccccc3c2)n1. The number of rotatable bonds is 5. The lowest BCUT2D eigenvalue weighted by molar-refractivity contribution is -0.121. The van der Waals surface area contributed by atoms with Gasteiger partial charge in [0.15, 0.2) is 0 Å². The molecule has 0 aliphatic heterocycles. The maximum atomic E-state index is 12.5. The van der Waals surface area contributed by atoms with Gasteiger partial charge >= 0.3 is 0 Å². The number of aromatic nitrogens is 3. The van der Waals surface area contributed by atoms with E-state index in [-0.39, 0.29) is 23.3 Å². The first kappa shape index (κ1) is 15.9. The summed E-state index contributed by atoms with van der Waals surface area (Å²) >= 11 is 0. The van der Waals surface area contributed by atoms with Crippen molar-refractivity contribution in [3.63, 3.8) is 0 Å². The van der Waals surface area contributed by atoms with Crippen molar-refractivity contribution < 1.29 is 13.2 Å². The smallest absolute Gasteiger partial charge is 0.264 e. The van der Waals surface area contributed by atoms with E-state index in [1.54, 1.807) is 12.1 Å². The van der Waals surface area contributed by atoms with Crippen LogP contribution in [0.4, 0.5) is 5.95 Å². The van der Waals surface area contributed by atoms with E-state index < -0.39 is 10.0 Å². The lowest BCUT2D eigenvalue weighted by Gasteiger charge is -2.06. The molecule has 1 amide bonds. The largest absolute Gasteiger partial charge is 0.358 e. The van der Waals surface area contributed by atoms with Crippen molar-refractivity contribution in [3.05, 3.63) is 48.8 Å². The van der Waals surface area contributed by atoms with Crippen molar-refractivity contribution in [1.29, 1.82) is 0 Å². The Kier molecular flexibility index (Phi) is 4.17. The van der Waals surface area contributed by atoms with Gasteiger partial charge < -0.3 is 5.32 Å². The number of likely N-dealkylation sites (N-methyl/N-ethyl adjacent to an activating group) is 1. The number of amides is 1. The van der Waals surface area contributed by atoms with Crippen molar-refractivity contribution in [1.82, 2.24) is 20.1 Å². The molecular formula is C15H15N5O3S. The van der Waals surface area contributed by atoms with Crippen LogP contribution in [-0.2, 0) is 21.4 Å². The fraction of sp³-hybridized carbons (Fsp3) is 0.133. The van der Waals surface area contributed by atoms with Crippen LogP contribution in [-0.4, -0.2) is 36.1 Å². The van der Waals surface area contributed by atoms with Crippen LogP contribution >= 0.6 is 0 Å². The lowest BCUT2D eigenvalue weighted by atomic mass is 10.1. The number of hydrogen-bond acceptors (Lipinski definition) is 5. The van der Waals surface area contributed by atoms with Crippen molar-refractivity contribution >= 4 is 32.7 Å². The Balaban J connectivity index is 1.83. The molecule has 2 aromatic carbocycles. The van der Waals surface area contributed by atoms with E-state index in [4.69, 9.17) is 0 Å². The van der Waals surface area contributed by atoms with Gasteiger partial charge in [-0.15, -0.1) is 5.10 Å². The Bertz CT molecular complexity index is 997. The summed E-state index contributed by atoms with van der Waals surface area (Å²) in [5, 5.41) is 8.14. The molecule has 124 valence electrons. The second kappa shape index (κ2) is 6.28. The summed E-state index contributed by atoms with van der Waals surface area (Å²) in [7, 11) is -2.31. The van der Waals surface area contributed by atoms with E-state index in [2.05, 4.69) is 20.1 Å². The summed E-state index contributed by atoms with van der Waals surface area (Å²) in [6.07, 6.45) is 1.29. The molecule has 0 bridgehead atoms. The number of benzene rings is 2. The molecule has 0 fully saturated rings. The Labute approximate surface area is 138 Å². The van der Waals surface area contributed by atoms with Crippen LogP contribution in [0.1, 0.15) is 0 Å². The van der Waals surface area contributed by atoms with Crippen molar-refractivity contribution in [2.24, 2.45) is 0 Å². The Morgan fingerprint density at radius 1 is 1.17 bits per heavy atom. The molecule has 0 saturated carbocycles. The van der Waals surface area contributed by atoms with Gasteiger partial charge in [0.05, 0.1) is 4.90 Å². The number of fused-ring (bicyclic) bond motifs is 1. The van der Waals surface area contributed by atoms with Gasteiger partial charge in [-0.1, -0.05) is 30.3 Å². The molecule has 24 heavy (non-hydrogen) atoms. The van der Waals surface area contributed by atoms with Gasteiger partial charge in [0.2, 0.25) is 5.91 Å². The first-order valence-electron chi connectivity index (χ1n) is 7.09. The molecule has 3 aromatic rings. The number of anilines is 1. The van der Waals surface area contributed by atoms with Crippen molar-refractivity contribution in [3.8, 4) is 0 Å². The highest BCUT2D eigenvalue weighted by atomic mass is 32.2. The summed E-state index contributed by atoms with van der Waals surface area (Å²) in [6, 6.07) is 12.3. The fourth-order valence-corrected chi connectivity index (χ4v) is 3.14. The van der Waals surface area contributed by atoms with Gasteiger partial charge in [-0.05, 0) is 22.9 Å². The molecular weight excluding hydrogens is 330 g/mol. The number of carbonyl (C=O) groups is 1. The number of sulfonamides is 1. The monoisotopic (exact) mass is 345 g/mol. The molecule has 0 saturated heterocycles. The summed E-state index contributed by atoms with van der Waals surface area (Å²) in [5.74, 6) is -0.351. The molecule has 0 spiro atoms. The van der Waals surface area contributed by atoms with Gasteiger partial charge in [-0.25, -0.2) is 17.8 Å². The Morgan fingerprint density at radius 3 is 2.67 bits per heavy atom. The average molecular weight is 345 g/mol. The van der Waals surface area contributed by atoms with Crippen LogP contribution in [0.25, 0.3) is 10.8 Å². The predicted molar refractivity (Wildman–Crippen MR) is 88.8 cm³/mol. The van der Waals surface area contributed by atoms with E-state index >= 15 is 0 Å². The molecule has 2 N–H and O–H groups in total. The van der Waals surface area contributed by atoms with Crippen LogP contribution in [0.3, 0.4) is 0 Å². The first-order valence-corrected chi connectivity index (χ1v) is 8.58. The second-order valence-electron chi connectivity index (χ2n) is 5.05. The highest BCUT2D eigenvalue weighted by Gasteiger charge is 2.17. The molecule has 8 nitrogen and oxygen atoms in total. The minimum absolute atomic E-state index is 0.0405. The fourth-order valence-electron chi connectivity index (χ4n) is 2.16. The Hall–Kier alpha value is -2.94. The van der Waals surface area contributed by atoms with Crippen LogP contribution < -0.4 is 10.0 Å². The number of hydrogen-bond donors (Lipinski definition) is 2. The molecule has 1 heterocycles. The standard InChI is InChI=1S/C15H15N5O3S/c1-16-14(21)9-20-10-17-15(18-20)19-24(22,23)13-7-6-11-4-2-3-5-12(11)8-13/h2-8,10H,9H2,1H3,(H,16,21)(H,18,19). The average Bonchev–Trinajstić information content (AvgIpc) is 3.00. The van der Waals surface area contributed by atoms with E-state index in [0.717, 1.165) is 10.8 Å². The van der Waals surface area contributed by atoms with Gasteiger partial charge in [-0.3, -0.25) is 4.79 Å². The highest BCUT2D eigenvalue weighted by Crippen LogP contribution is 2.20. The summed E-state index contributed by atoms with van der Waals surface area (Å²) < 4.78 is 28.5. The molecule has 3 rings (SSSR count). The summed E-state index contributed by atoms with van der Waals surface area (Å²) in [5.41, 5.74) is 0. The third-order valence-electron chi connectivity index (χ3n) is 3.38. The summed E-state index contributed by atoms with van der Waals surface area (Å²) in [4.78, 5) is 15.3. The number of nitrogens with one attached hydrogen (secondary N) is 2. The van der Waals surface area contributed by atoms with E-state index in [9.17, 15) is 13.2 Å². The molecule has 0 aliphatic rings. The number of carbonyl (C=O) groups excluding carboxylic acids is 1. The maximum Gasteiger partial charge on any atom is 0.264 e. The molecule has 9 heteroatoms. The highest BCUT2D eigenvalue weighted by molar-refractivity contribution is 7.92. The van der Waals surface area contributed by atoms with Crippen LogP contribution in [0.2, 0.25) is 0 Å². The molecule has 0 radical (unpaired) electrons. The van der Waals surface area contributed by atoms with E-state index in [0.29, 0.717) is 0 Å². The van der Waals surface area contributed by atoms with Gasteiger partial charge in [0.25, 0.3) is 16.0 Å². The molecule has 0 aliphatic carbocycles.